The summed E-state index contributed by atoms with van der Waals surface area (Å²) in [5, 5.41) is 0.861. The predicted octanol–water partition coefficient (Wildman–Crippen LogP) is 4.19. The number of benzene rings is 1. The fourth-order valence-corrected chi connectivity index (χ4v) is 4.29. The second-order valence-corrected chi connectivity index (χ2v) is 7.56. The van der Waals surface area contributed by atoms with E-state index < -0.39 is 5.91 Å². The van der Waals surface area contributed by atoms with Crippen LogP contribution in [-0.4, -0.2) is 35.3 Å². The molecule has 3 rings (SSSR count). The van der Waals surface area contributed by atoms with Crippen LogP contribution in [0.5, 0.6) is 0 Å². The van der Waals surface area contributed by atoms with Crippen molar-refractivity contribution in [3.8, 4) is 0 Å². The second-order valence-electron chi connectivity index (χ2n) is 6.91. The van der Waals surface area contributed by atoms with Gasteiger partial charge in [0, 0.05) is 17.3 Å². The van der Waals surface area contributed by atoms with E-state index in [1.807, 2.05) is 6.07 Å². The van der Waals surface area contributed by atoms with Gasteiger partial charge in [0.1, 0.15) is 6.10 Å². The van der Waals surface area contributed by atoms with Crippen LogP contribution in [0.4, 0.5) is 0 Å². The maximum Gasteiger partial charge on any atom is 0.234 e. The van der Waals surface area contributed by atoms with Crippen molar-refractivity contribution in [2.75, 3.05) is 12.4 Å². The monoisotopic (exact) mass is 367 g/mol. The number of nitrogens with zero attached hydrogens (tertiary/aromatic N) is 1. The highest BCUT2D eigenvalue weighted by molar-refractivity contribution is 9.09. The molecule has 5 atom stereocenters. The summed E-state index contributed by atoms with van der Waals surface area (Å²) in [6.45, 7) is 6.77. The van der Waals surface area contributed by atoms with Crippen molar-refractivity contribution >= 4 is 15.9 Å². The van der Waals surface area contributed by atoms with E-state index >= 15 is 0 Å². The van der Waals surface area contributed by atoms with E-state index in [-0.39, 0.29) is 18.2 Å². The van der Waals surface area contributed by atoms with E-state index in [9.17, 15) is 0 Å². The van der Waals surface area contributed by atoms with Crippen LogP contribution < -0.4 is 0 Å². The molecule has 122 valence electrons. The van der Waals surface area contributed by atoms with Crippen LogP contribution in [0.15, 0.2) is 30.3 Å². The molecule has 1 spiro atoms. The first-order chi connectivity index (χ1) is 10.5. The Bertz CT molecular complexity index is 509. The lowest BCUT2D eigenvalue weighted by Crippen LogP contribution is -2.51. The summed E-state index contributed by atoms with van der Waals surface area (Å²) < 4.78 is 13.0. The molecule has 1 aromatic carbocycles. The van der Waals surface area contributed by atoms with Crippen molar-refractivity contribution in [1.29, 1.82) is 0 Å². The lowest BCUT2D eigenvalue weighted by molar-refractivity contribution is -0.292. The highest BCUT2D eigenvalue weighted by Crippen LogP contribution is 2.52. The molecule has 0 amide bonds. The quantitative estimate of drug-likeness (QED) is 0.747. The standard InChI is InChI=1S/C18H26BrNO2/c1-12(2)16-10-15(11-19)21-18(16)20(4)13(3)17(22-18)14-8-6-5-7-9-14/h5-9,12-13,15-17H,10-11H2,1-4H3. The van der Waals surface area contributed by atoms with Crippen LogP contribution in [0.25, 0.3) is 0 Å². The van der Waals surface area contributed by atoms with Gasteiger partial charge in [-0.1, -0.05) is 60.1 Å². The fourth-order valence-electron chi connectivity index (χ4n) is 3.89. The first kappa shape index (κ1) is 16.4. The number of hydrogen-bond acceptors (Lipinski definition) is 3. The Morgan fingerprint density at radius 2 is 1.95 bits per heavy atom. The number of halogens is 1. The molecule has 2 heterocycles. The zero-order valence-electron chi connectivity index (χ0n) is 13.8. The molecular formula is C18H26BrNO2. The maximum atomic E-state index is 6.61. The van der Waals surface area contributed by atoms with Gasteiger partial charge in [0.05, 0.1) is 6.10 Å². The first-order valence-electron chi connectivity index (χ1n) is 8.19. The van der Waals surface area contributed by atoms with Gasteiger partial charge >= 0.3 is 0 Å². The van der Waals surface area contributed by atoms with E-state index in [1.54, 1.807) is 0 Å². The molecule has 1 aromatic rings. The summed E-state index contributed by atoms with van der Waals surface area (Å²) in [5.74, 6) is 0.316. The summed E-state index contributed by atoms with van der Waals surface area (Å²) in [6, 6.07) is 10.8. The molecule has 2 aliphatic heterocycles. The zero-order valence-corrected chi connectivity index (χ0v) is 15.4. The zero-order chi connectivity index (χ0) is 15.9. The van der Waals surface area contributed by atoms with Crippen LogP contribution in [-0.2, 0) is 9.47 Å². The Morgan fingerprint density at radius 3 is 2.55 bits per heavy atom. The molecule has 0 bridgehead atoms. The summed E-state index contributed by atoms with van der Waals surface area (Å²) in [4.78, 5) is 2.30. The Kier molecular flexibility index (Phi) is 4.66. The summed E-state index contributed by atoms with van der Waals surface area (Å²) in [5.41, 5.74) is 1.23. The van der Waals surface area contributed by atoms with E-state index in [1.165, 1.54) is 5.56 Å². The van der Waals surface area contributed by atoms with E-state index in [0.29, 0.717) is 11.8 Å². The molecule has 22 heavy (non-hydrogen) atoms. The topological polar surface area (TPSA) is 21.7 Å². The number of rotatable bonds is 3. The molecule has 0 radical (unpaired) electrons. The van der Waals surface area contributed by atoms with Gasteiger partial charge in [-0.2, -0.15) is 0 Å². The Morgan fingerprint density at radius 1 is 1.27 bits per heavy atom. The molecule has 2 fully saturated rings. The molecule has 2 saturated heterocycles. The normalized spacial score (nSPS) is 39.2. The largest absolute Gasteiger partial charge is 0.333 e. The molecule has 0 aromatic heterocycles. The van der Waals surface area contributed by atoms with Gasteiger partial charge < -0.3 is 9.47 Å². The predicted molar refractivity (Wildman–Crippen MR) is 91.8 cm³/mol. The molecule has 4 heteroatoms. The Hall–Kier alpha value is -0.420. The number of ether oxygens (including phenoxy) is 2. The minimum atomic E-state index is -0.591. The van der Waals surface area contributed by atoms with Crippen LogP contribution >= 0.6 is 15.9 Å². The van der Waals surface area contributed by atoms with E-state index in [4.69, 9.17) is 9.47 Å². The smallest absolute Gasteiger partial charge is 0.234 e. The van der Waals surface area contributed by atoms with Crippen molar-refractivity contribution in [3.63, 3.8) is 0 Å². The van der Waals surface area contributed by atoms with Gasteiger partial charge in [0.15, 0.2) is 0 Å². The second kappa shape index (κ2) is 6.23. The van der Waals surface area contributed by atoms with Crippen molar-refractivity contribution in [2.24, 2.45) is 11.8 Å². The lowest BCUT2D eigenvalue weighted by atomic mass is 9.89. The minimum absolute atomic E-state index is 0.0570. The molecule has 5 unspecified atom stereocenters. The van der Waals surface area contributed by atoms with Gasteiger partial charge in [-0.3, -0.25) is 0 Å². The number of hydrogen-bond donors (Lipinski definition) is 0. The molecule has 0 aliphatic carbocycles. The molecular weight excluding hydrogens is 342 g/mol. The van der Waals surface area contributed by atoms with Crippen molar-refractivity contribution in [1.82, 2.24) is 4.90 Å². The summed E-state index contributed by atoms with van der Waals surface area (Å²) in [6.07, 6.45) is 1.32. The van der Waals surface area contributed by atoms with Crippen LogP contribution in [0.2, 0.25) is 0 Å². The average Bonchev–Trinajstić information content (AvgIpc) is 3.02. The third-order valence-electron chi connectivity index (χ3n) is 5.26. The molecule has 2 aliphatic rings. The van der Waals surface area contributed by atoms with Gasteiger partial charge in [-0.05, 0) is 31.9 Å². The highest BCUT2D eigenvalue weighted by atomic mass is 79.9. The average molecular weight is 368 g/mol. The van der Waals surface area contributed by atoms with Crippen LogP contribution in [0.3, 0.4) is 0 Å². The minimum Gasteiger partial charge on any atom is -0.333 e. The third-order valence-corrected chi connectivity index (χ3v) is 5.98. The Labute approximate surface area is 142 Å². The van der Waals surface area contributed by atoms with Crippen LogP contribution in [0, 0.1) is 11.8 Å². The van der Waals surface area contributed by atoms with Gasteiger partial charge in [-0.25, -0.2) is 4.90 Å². The SMILES string of the molecule is CC(C)C1CC(CBr)OC12OC(c1ccccc1)C(C)N2C. The van der Waals surface area contributed by atoms with Crippen molar-refractivity contribution in [2.45, 2.75) is 51.4 Å². The van der Waals surface area contributed by atoms with E-state index in [0.717, 1.165) is 11.8 Å². The lowest BCUT2D eigenvalue weighted by Gasteiger charge is -2.38. The molecule has 0 saturated carbocycles. The van der Waals surface area contributed by atoms with Gasteiger partial charge in [0.2, 0.25) is 5.91 Å². The van der Waals surface area contributed by atoms with E-state index in [2.05, 4.69) is 72.9 Å². The number of likely N-dealkylation sites (N-methyl/N-ethyl adjacent to an activating group) is 1. The first-order valence-corrected chi connectivity index (χ1v) is 9.31. The Balaban J connectivity index is 1.93. The summed E-state index contributed by atoms with van der Waals surface area (Å²) >= 11 is 3.58. The van der Waals surface area contributed by atoms with Crippen LogP contribution in [0.1, 0.15) is 38.9 Å². The van der Waals surface area contributed by atoms with Crippen molar-refractivity contribution in [3.05, 3.63) is 35.9 Å². The molecule has 0 N–H and O–H groups in total. The van der Waals surface area contributed by atoms with Crippen molar-refractivity contribution < 1.29 is 9.47 Å². The fraction of sp³-hybridized carbons (Fsp3) is 0.667. The number of alkyl halides is 1. The highest BCUT2D eigenvalue weighted by Gasteiger charge is 2.60. The summed E-state index contributed by atoms with van der Waals surface area (Å²) in [7, 11) is 2.14. The van der Waals surface area contributed by atoms with Gasteiger partial charge in [0.25, 0.3) is 0 Å². The molecule has 3 nitrogen and oxygen atoms in total. The van der Waals surface area contributed by atoms with Gasteiger partial charge in [-0.15, -0.1) is 0 Å². The maximum absolute atomic E-state index is 6.61. The third kappa shape index (κ3) is 2.54.